The Morgan fingerprint density at radius 3 is 2.44 bits per heavy atom. The number of piperazine rings is 1. The molecule has 0 radical (unpaired) electrons. The van der Waals surface area contributed by atoms with Crippen LogP contribution in [0.5, 0.6) is 0 Å². The fraction of sp³-hybridized carbons (Fsp3) is 0.625. The fourth-order valence-corrected chi connectivity index (χ4v) is 5.53. The summed E-state index contributed by atoms with van der Waals surface area (Å²) in [6, 6.07) is 2.17. The Morgan fingerprint density at radius 2 is 1.84 bits per heavy atom. The summed E-state index contributed by atoms with van der Waals surface area (Å²) in [6.45, 7) is 4.55. The van der Waals surface area contributed by atoms with Crippen LogP contribution in [0.2, 0.25) is 0 Å². The minimum absolute atomic E-state index is 0.0475. The SMILES string of the molecule is CC(C)CC(=O)N1CCN(C(=O)c2cccnn2)[C@@H]2CS(=O)(=O)C[C@@H]21. The smallest absolute Gasteiger partial charge is 0.274 e. The minimum Gasteiger partial charge on any atom is -0.335 e. The van der Waals surface area contributed by atoms with Gasteiger partial charge in [-0.05, 0) is 18.1 Å². The lowest BCUT2D eigenvalue weighted by Gasteiger charge is -2.44. The van der Waals surface area contributed by atoms with E-state index in [9.17, 15) is 18.0 Å². The van der Waals surface area contributed by atoms with Crippen LogP contribution in [0.25, 0.3) is 0 Å². The molecule has 0 N–H and O–H groups in total. The molecule has 1 aromatic heterocycles. The van der Waals surface area contributed by atoms with E-state index in [1.807, 2.05) is 13.8 Å². The Balaban J connectivity index is 1.86. The molecule has 9 heteroatoms. The van der Waals surface area contributed by atoms with Crippen molar-refractivity contribution >= 4 is 21.7 Å². The number of fused-ring (bicyclic) bond motifs is 1. The summed E-state index contributed by atoms with van der Waals surface area (Å²) in [5.41, 5.74) is 0.188. The number of aromatic nitrogens is 2. The molecule has 0 saturated carbocycles. The van der Waals surface area contributed by atoms with Gasteiger partial charge in [0.05, 0.1) is 23.6 Å². The van der Waals surface area contributed by atoms with Gasteiger partial charge >= 0.3 is 0 Å². The third kappa shape index (κ3) is 3.65. The zero-order valence-corrected chi connectivity index (χ0v) is 15.1. The predicted octanol–water partition coefficient (Wildman–Crippen LogP) is -0.0273. The zero-order chi connectivity index (χ0) is 18.2. The number of amides is 2. The maximum Gasteiger partial charge on any atom is 0.274 e. The Hall–Kier alpha value is -2.03. The molecule has 3 rings (SSSR count). The molecule has 2 aliphatic heterocycles. The first-order chi connectivity index (χ1) is 11.8. The van der Waals surface area contributed by atoms with Crippen LogP contribution in [0.1, 0.15) is 30.8 Å². The molecule has 1 aromatic rings. The second-order valence-electron chi connectivity index (χ2n) is 7.00. The Morgan fingerprint density at radius 1 is 1.20 bits per heavy atom. The highest BCUT2D eigenvalue weighted by atomic mass is 32.2. The molecule has 2 atom stereocenters. The monoisotopic (exact) mass is 366 g/mol. The van der Waals surface area contributed by atoms with E-state index in [2.05, 4.69) is 10.2 Å². The summed E-state index contributed by atoms with van der Waals surface area (Å²) < 4.78 is 24.4. The lowest BCUT2D eigenvalue weighted by atomic mass is 10.0. The van der Waals surface area contributed by atoms with E-state index in [-0.39, 0.29) is 34.9 Å². The molecule has 0 aromatic carbocycles. The zero-order valence-electron chi connectivity index (χ0n) is 14.3. The Labute approximate surface area is 147 Å². The average Bonchev–Trinajstić information content (AvgIpc) is 2.88. The molecule has 2 saturated heterocycles. The highest BCUT2D eigenvalue weighted by Gasteiger charge is 2.49. The summed E-state index contributed by atoms with van der Waals surface area (Å²) in [5.74, 6) is -0.394. The summed E-state index contributed by atoms with van der Waals surface area (Å²) in [6.07, 6.45) is 1.85. The fourth-order valence-electron chi connectivity index (χ4n) is 3.54. The van der Waals surface area contributed by atoms with Crippen LogP contribution >= 0.6 is 0 Å². The second kappa shape index (κ2) is 6.70. The van der Waals surface area contributed by atoms with E-state index in [0.717, 1.165) is 0 Å². The van der Waals surface area contributed by atoms with Gasteiger partial charge in [-0.1, -0.05) is 13.8 Å². The van der Waals surface area contributed by atoms with Crippen molar-refractivity contribution in [2.24, 2.45) is 5.92 Å². The van der Waals surface area contributed by atoms with Gasteiger partial charge in [0.15, 0.2) is 15.5 Å². The van der Waals surface area contributed by atoms with E-state index in [1.54, 1.807) is 21.9 Å². The topological polar surface area (TPSA) is 101 Å². The van der Waals surface area contributed by atoms with E-state index >= 15 is 0 Å². The first-order valence-electron chi connectivity index (χ1n) is 8.37. The van der Waals surface area contributed by atoms with Gasteiger partial charge in [-0.25, -0.2) is 8.42 Å². The third-order valence-electron chi connectivity index (χ3n) is 4.63. The molecule has 0 unspecified atom stereocenters. The number of rotatable bonds is 3. The molecule has 2 amide bonds. The van der Waals surface area contributed by atoms with Crippen molar-refractivity contribution in [3.63, 3.8) is 0 Å². The van der Waals surface area contributed by atoms with Crippen molar-refractivity contribution in [1.82, 2.24) is 20.0 Å². The largest absolute Gasteiger partial charge is 0.335 e. The number of nitrogens with zero attached hydrogens (tertiary/aromatic N) is 4. The maximum absolute atomic E-state index is 12.7. The van der Waals surface area contributed by atoms with Crippen molar-refractivity contribution in [3.05, 3.63) is 24.0 Å². The van der Waals surface area contributed by atoms with Gasteiger partial charge in [-0.2, -0.15) is 5.10 Å². The van der Waals surface area contributed by atoms with Crippen LogP contribution in [-0.4, -0.2) is 76.9 Å². The van der Waals surface area contributed by atoms with Crippen LogP contribution in [0.15, 0.2) is 18.3 Å². The quantitative estimate of drug-likeness (QED) is 0.745. The van der Waals surface area contributed by atoms with Crippen LogP contribution in [0.3, 0.4) is 0 Å². The molecular formula is C16H22N4O4S. The third-order valence-corrected chi connectivity index (χ3v) is 6.33. The first kappa shape index (κ1) is 17.8. The van der Waals surface area contributed by atoms with E-state index in [0.29, 0.717) is 19.5 Å². The lowest BCUT2D eigenvalue weighted by molar-refractivity contribution is -0.137. The molecule has 0 bridgehead atoms. The molecular weight excluding hydrogens is 344 g/mol. The molecule has 0 spiro atoms. The molecule has 8 nitrogen and oxygen atoms in total. The van der Waals surface area contributed by atoms with Crippen LogP contribution < -0.4 is 0 Å². The van der Waals surface area contributed by atoms with Crippen molar-refractivity contribution in [2.45, 2.75) is 32.4 Å². The predicted molar refractivity (Wildman–Crippen MR) is 90.5 cm³/mol. The molecule has 2 aliphatic rings. The Kier molecular flexibility index (Phi) is 4.77. The molecule has 0 aliphatic carbocycles. The summed E-state index contributed by atoms with van der Waals surface area (Å²) in [7, 11) is -3.30. The highest BCUT2D eigenvalue weighted by Crippen LogP contribution is 2.28. The van der Waals surface area contributed by atoms with E-state index in [1.165, 1.54) is 6.20 Å². The standard InChI is InChI=1S/C16H22N4O4S/c1-11(2)8-15(21)19-6-7-20(14-10-25(23,24)9-13(14)19)16(22)12-4-3-5-17-18-12/h3-5,11,13-14H,6-10H2,1-2H3/t13-,14+/m0/s1. The number of carbonyl (C=O) groups excluding carboxylic acids is 2. The molecule has 3 heterocycles. The summed E-state index contributed by atoms with van der Waals surface area (Å²) in [4.78, 5) is 28.4. The summed E-state index contributed by atoms with van der Waals surface area (Å²) >= 11 is 0. The van der Waals surface area contributed by atoms with Gasteiger partial charge in [-0.15, -0.1) is 5.10 Å². The van der Waals surface area contributed by atoms with Gasteiger partial charge in [0, 0.05) is 25.7 Å². The maximum atomic E-state index is 12.7. The van der Waals surface area contributed by atoms with Gasteiger partial charge in [0.2, 0.25) is 5.91 Å². The number of hydrogen-bond acceptors (Lipinski definition) is 6. The van der Waals surface area contributed by atoms with Crippen molar-refractivity contribution in [3.8, 4) is 0 Å². The van der Waals surface area contributed by atoms with E-state index < -0.39 is 21.9 Å². The first-order valence-corrected chi connectivity index (χ1v) is 10.2. The van der Waals surface area contributed by atoms with Crippen LogP contribution in [0.4, 0.5) is 0 Å². The second-order valence-corrected chi connectivity index (χ2v) is 9.16. The van der Waals surface area contributed by atoms with Crippen LogP contribution in [-0.2, 0) is 14.6 Å². The van der Waals surface area contributed by atoms with Crippen LogP contribution in [0, 0.1) is 5.92 Å². The average molecular weight is 366 g/mol. The van der Waals surface area contributed by atoms with Crippen molar-refractivity contribution in [2.75, 3.05) is 24.6 Å². The van der Waals surface area contributed by atoms with Crippen molar-refractivity contribution < 1.29 is 18.0 Å². The Bertz CT molecular complexity index is 766. The van der Waals surface area contributed by atoms with Gasteiger partial charge in [0.25, 0.3) is 5.91 Å². The normalized spacial score (nSPS) is 25.1. The number of carbonyl (C=O) groups is 2. The number of sulfone groups is 1. The summed E-state index contributed by atoms with van der Waals surface area (Å²) in [5, 5.41) is 7.54. The minimum atomic E-state index is -3.30. The van der Waals surface area contributed by atoms with Gasteiger partial charge in [0.1, 0.15) is 0 Å². The van der Waals surface area contributed by atoms with Gasteiger partial charge in [-0.3, -0.25) is 9.59 Å². The molecule has 25 heavy (non-hydrogen) atoms. The number of hydrogen-bond donors (Lipinski definition) is 0. The van der Waals surface area contributed by atoms with E-state index in [4.69, 9.17) is 0 Å². The van der Waals surface area contributed by atoms with Crippen molar-refractivity contribution in [1.29, 1.82) is 0 Å². The molecule has 136 valence electrons. The highest BCUT2D eigenvalue weighted by molar-refractivity contribution is 7.91. The van der Waals surface area contributed by atoms with Gasteiger partial charge < -0.3 is 9.80 Å². The lowest BCUT2D eigenvalue weighted by Crippen LogP contribution is -2.62. The molecule has 2 fully saturated rings.